The number of rotatable bonds is 4. The molecule has 0 radical (unpaired) electrons. The van der Waals surface area contributed by atoms with Gasteiger partial charge in [0.05, 0.1) is 20.1 Å². The Morgan fingerprint density at radius 1 is 1.26 bits per heavy atom. The van der Waals surface area contributed by atoms with Crippen molar-refractivity contribution >= 4 is 5.78 Å². The van der Waals surface area contributed by atoms with Crippen molar-refractivity contribution in [2.24, 2.45) is 5.41 Å². The van der Waals surface area contributed by atoms with Crippen LogP contribution in [0.1, 0.15) is 33.0 Å². The van der Waals surface area contributed by atoms with Gasteiger partial charge in [-0.2, -0.15) is 0 Å². The highest BCUT2D eigenvalue weighted by Crippen LogP contribution is 2.26. The minimum absolute atomic E-state index is 0.268. The van der Waals surface area contributed by atoms with Crippen molar-refractivity contribution in [1.29, 1.82) is 0 Å². The summed E-state index contributed by atoms with van der Waals surface area (Å²) in [4.78, 5) is 12.4. The third-order valence-electron chi connectivity index (χ3n) is 4.53. The number of aromatic nitrogens is 2. The standard InChI is InChI=1S/C19H25N2O2/c1-19(2,3)17(22)13-20-12-16(21-11-5-6-18(20)21)14-7-9-15(23-4)10-8-14/h7-10,12H,5-6,11,13H2,1-4H3/q+1. The van der Waals surface area contributed by atoms with Gasteiger partial charge in [0.15, 0.2) is 11.5 Å². The van der Waals surface area contributed by atoms with Gasteiger partial charge in [-0.05, 0) is 30.7 Å². The normalized spacial score (nSPS) is 13.9. The Balaban J connectivity index is 1.96. The summed E-state index contributed by atoms with van der Waals surface area (Å²) in [6, 6.07) is 8.12. The first-order chi connectivity index (χ1) is 10.9. The molecule has 0 spiro atoms. The molecule has 1 aliphatic heterocycles. The first kappa shape index (κ1) is 15.8. The van der Waals surface area contributed by atoms with Gasteiger partial charge in [-0.1, -0.05) is 20.8 Å². The number of benzene rings is 1. The van der Waals surface area contributed by atoms with Crippen molar-refractivity contribution in [3.05, 3.63) is 36.3 Å². The van der Waals surface area contributed by atoms with Gasteiger partial charge in [-0.15, -0.1) is 0 Å². The molecule has 0 amide bonds. The number of carbonyl (C=O) groups is 1. The van der Waals surface area contributed by atoms with E-state index >= 15 is 0 Å². The molecule has 122 valence electrons. The van der Waals surface area contributed by atoms with E-state index in [9.17, 15) is 4.79 Å². The predicted octanol–water partition coefficient (Wildman–Crippen LogP) is 3.01. The molecular formula is C19H25N2O2+. The highest BCUT2D eigenvalue weighted by atomic mass is 16.5. The van der Waals surface area contributed by atoms with Gasteiger partial charge in [-0.25, -0.2) is 9.13 Å². The maximum absolute atomic E-state index is 12.4. The maximum Gasteiger partial charge on any atom is 0.257 e. The van der Waals surface area contributed by atoms with Crippen LogP contribution in [-0.4, -0.2) is 17.5 Å². The Kier molecular flexibility index (Phi) is 4.00. The van der Waals surface area contributed by atoms with Crippen LogP contribution in [0.3, 0.4) is 0 Å². The van der Waals surface area contributed by atoms with Crippen LogP contribution in [0.2, 0.25) is 0 Å². The van der Waals surface area contributed by atoms with Crippen LogP contribution in [0.5, 0.6) is 5.75 Å². The monoisotopic (exact) mass is 313 g/mol. The van der Waals surface area contributed by atoms with Crippen LogP contribution in [0.4, 0.5) is 0 Å². The fourth-order valence-corrected chi connectivity index (χ4v) is 3.03. The molecule has 2 aromatic rings. The van der Waals surface area contributed by atoms with Crippen molar-refractivity contribution in [3.8, 4) is 17.0 Å². The summed E-state index contributed by atoms with van der Waals surface area (Å²) >= 11 is 0. The lowest BCUT2D eigenvalue weighted by Crippen LogP contribution is -2.43. The lowest BCUT2D eigenvalue weighted by atomic mass is 9.91. The SMILES string of the molecule is COc1ccc(-c2c[n+](CC(=O)C(C)(C)C)c3n2CCC3)cc1. The quantitative estimate of drug-likeness (QED) is 0.813. The van der Waals surface area contributed by atoms with Crippen LogP contribution in [0, 0.1) is 5.41 Å². The molecule has 0 fully saturated rings. The van der Waals surface area contributed by atoms with Gasteiger partial charge in [0.1, 0.15) is 18.5 Å². The number of methoxy groups -OCH3 is 1. The van der Waals surface area contributed by atoms with E-state index in [1.54, 1.807) is 7.11 Å². The fourth-order valence-electron chi connectivity index (χ4n) is 3.03. The Labute approximate surface area is 137 Å². The molecule has 23 heavy (non-hydrogen) atoms. The molecule has 3 rings (SSSR count). The topological polar surface area (TPSA) is 35.1 Å². The molecule has 4 heteroatoms. The van der Waals surface area contributed by atoms with E-state index in [0.29, 0.717) is 6.54 Å². The summed E-state index contributed by atoms with van der Waals surface area (Å²) < 4.78 is 9.72. The van der Waals surface area contributed by atoms with E-state index in [1.807, 2.05) is 32.9 Å². The van der Waals surface area contributed by atoms with E-state index < -0.39 is 0 Å². The van der Waals surface area contributed by atoms with Gasteiger partial charge in [0, 0.05) is 11.0 Å². The number of Topliss-reactive ketones (excluding diaryl/α,β-unsaturated/α-hetero) is 1. The van der Waals surface area contributed by atoms with E-state index in [4.69, 9.17) is 4.74 Å². The Bertz CT molecular complexity index is 721. The van der Waals surface area contributed by atoms with Gasteiger partial charge >= 0.3 is 0 Å². The lowest BCUT2D eigenvalue weighted by molar-refractivity contribution is -0.690. The smallest absolute Gasteiger partial charge is 0.257 e. The van der Waals surface area contributed by atoms with Crippen molar-refractivity contribution in [1.82, 2.24) is 4.57 Å². The molecular weight excluding hydrogens is 288 g/mol. The predicted molar refractivity (Wildman–Crippen MR) is 89.4 cm³/mol. The average molecular weight is 313 g/mol. The largest absolute Gasteiger partial charge is 0.497 e. The average Bonchev–Trinajstić information content (AvgIpc) is 3.10. The summed E-state index contributed by atoms with van der Waals surface area (Å²) in [5, 5.41) is 0. The third kappa shape index (κ3) is 3.03. The number of carbonyl (C=O) groups excluding carboxylic acids is 1. The van der Waals surface area contributed by atoms with Crippen LogP contribution in [-0.2, 0) is 24.3 Å². The number of nitrogens with zero attached hydrogens (tertiary/aromatic N) is 2. The van der Waals surface area contributed by atoms with Crippen molar-refractivity contribution in [3.63, 3.8) is 0 Å². The zero-order valence-electron chi connectivity index (χ0n) is 14.4. The van der Waals surface area contributed by atoms with Crippen LogP contribution >= 0.6 is 0 Å². The second-order valence-electron chi connectivity index (χ2n) is 7.22. The Hall–Kier alpha value is -2.10. The molecule has 2 heterocycles. The highest BCUT2D eigenvalue weighted by molar-refractivity contribution is 5.82. The molecule has 0 aliphatic carbocycles. The zero-order chi connectivity index (χ0) is 16.6. The minimum Gasteiger partial charge on any atom is -0.497 e. The number of imidazole rings is 1. The number of ketones is 1. The van der Waals surface area contributed by atoms with Crippen LogP contribution in [0.15, 0.2) is 30.5 Å². The summed E-state index contributed by atoms with van der Waals surface area (Å²) in [6.07, 6.45) is 4.30. The van der Waals surface area contributed by atoms with Gasteiger partial charge in [0.25, 0.3) is 5.82 Å². The highest BCUT2D eigenvalue weighted by Gasteiger charge is 2.31. The molecule has 0 saturated carbocycles. The molecule has 0 atom stereocenters. The Morgan fingerprint density at radius 2 is 1.96 bits per heavy atom. The maximum atomic E-state index is 12.4. The zero-order valence-corrected chi connectivity index (χ0v) is 14.4. The molecule has 1 aromatic carbocycles. The first-order valence-corrected chi connectivity index (χ1v) is 8.20. The van der Waals surface area contributed by atoms with Crippen molar-refractivity contribution in [2.75, 3.05) is 7.11 Å². The molecule has 0 bridgehead atoms. The van der Waals surface area contributed by atoms with E-state index in [1.165, 1.54) is 11.5 Å². The Morgan fingerprint density at radius 3 is 2.57 bits per heavy atom. The molecule has 1 aromatic heterocycles. The number of fused-ring (bicyclic) bond motifs is 1. The number of hydrogen-bond acceptors (Lipinski definition) is 2. The molecule has 4 nitrogen and oxygen atoms in total. The summed E-state index contributed by atoms with van der Waals surface area (Å²) in [7, 11) is 1.68. The second kappa shape index (κ2) is 5.84. The summed E-state index contributed by atoms with van der Waals surface area (Å²) in [5.74, 6) is 2.38. The van der Waals surface area contributed by atoms with Crippen LogP contribution in [0.25, 0.3) is 11.3 Å². The summed E-state index contributed by atoms with van der Waals surface area (Å²) in [6.45, 7) is 7.42. The van der Waals surface area contributed by atoms with Gasteiger partial charge < -0.3 is 4.74 Å². The first-order valence-electron chi connectivity index (χ1n) is 8.20. The number of ether oxygens (including phenoxy) is 1. The minimum atomic E-state index is -0.305. The molecule has 0 unspecified atom stereocenters. The van der Waals surface area contributed by atoms with Gasteiger partial charge in [0.2, 0.25) is 0 Å². The fraction of sp³-hybridized carbons (Fsp3) is 0.474. The second-order valence-corrected chi connectivity index (χ2v) is 7.22. The molecule has 0 saturated heterocycles. The van der Waals surface area contributed by atoms with Gasteiger partial charge in [-0.3, -0.25) is 4.79 Å². The summed E-state index contributed by atoms with van der Waals surface area (Å²) in [5.41, 5.74) is 2.04. The van der Waals surface area contributed by atoms with Crippen LogP contribution < -0.4 is 9.30 Å². The third-order valence-corrected chi connectivity index (χ3v) is 4.53. The van der Waals surface area contributed by atoms with E-state index in [2.05, 4.69) is 27.5 Å². The molecule has 0 N–H and O–H groups in total. The van der Waals surface area contributed by atoms with Crippen molar-refractivity contribution in [2.45, 2.75) is 46.7 Å². The molecule has 1 aliphatic rings. The van der Waals surface area contributed by atoms with E-state index in [0.717, 1.165) is 30.7 Å². The van der Waals surface area contributed by atoms with E-state index in [-0.39, 0.29) is 11.2 Å². The lowest BCUT2D eigenvalue weighted by Gasteiger charge is -2.14. The van der Waals surface area contributed by atoms with Crippen molar-refractivity contribution < 1.29 is 14.1 Å². The number of hydrogen-bond donors (Lipinski definition) is 0.